The largest absolute Gasteiger partial charge is 0.508 e. The second kappa shape index (κ2) is 7.78. The minimum Gasteiger partial charge on any atom is -0.508 e. The Balaban J connectivity index is 1.73. The smallest absolute Gasteiger partial charge is 0.191 e. The Morgan fingerprint density at radius 1 is 1.30 bits per heavy atom. The molecule has 0 aromatic heterocycles. The molecule has 0 bridgehead atoms. The molecule has 6 heteroatoms. The highest BCUT2D eigenvalue weighted by molar-refractivity contribution is 5.80. The number of ether oxygens (including phenoxy) is 2. The van der Waals surface area contributed by atoms with E-state index in [4.69, 9.17) is 9.47 Å². The number of methoxy groups -OCH3 is 1. The van der Waals surface area contributed by atoms with E-state index < -0.39 is 0 Å². The van der Waals surface area contributed by atoms with Crippen LogP contribution in [0.25, 0.3) is 0 Å². The van der Waals surface area contributed by atoms with E-state index in [1.165, 1.54) is 0 Å². The average Bonchev–Trinajstić information content (AvgIpc) is 2.65. The lowest BCUT2D eigenvalue weighted by molar-refractivity contribution is 0.0694. The maximum absolute atomic E-state index is 10.1. The number of benzene rings is 2. The zero-order valence-electron chi connectivity index (χ0n) is 16.2. The fourth-order valence-electron chi connectivity index (χ4n) is 3.30. The third kappa shape index (κ3) is 4.45. The molecule has 27 heavy (non-hydrogen) atoms. The second-order valence-corrected chi connectivity index (χ2v) is 7.22. The van der Waals surface area contributed by atoms with Crippen LogP contribution in [0, 0.1) is 0 Å². The normalized spacial score (nSPS) is 18.2. The monoisotopic (exact) mass is 369 g/mol. The van der Waals surface area contributed by atoms with E-state index in [9.17, 15) is 5.11 Å². The molecule has 1 aliphatic rings. The van der Waals surface area contributed by atoms with Crippen LogP contribution in [0.5, 0.6) is 17.2 Å². The van der Waals surface area contributed by atoms with Crippen molar-refractivity contribution in [2.24, 2.45) is 4.99 Å². The molecular weight excluding hydrogens is 342 g/mol. The van der Waals surface area contributed by atoms with Gasteiger partial charge in [0.2, 0.25) is 0 Å². The van der Waals surface area contributed by atoms with E-state index in [-0.39, 0.29) is 17.4 Å². The predicted molar refractivity (Wildman–Crippen MR) is 107 cm³/mol. The highest BCUT2D eigenvalue weighted by atomic mass is 16.5. The van der Waals surface area contributed by atoms with Gasteiger partial charge in [0.1, 0.15) is 22.8 Å². The molecule has 3 rings (SSSR count). The van der Waals surface area contributed by atoms with Crippen molar-refractivity contribution in [3.8, 4) is 17.2 Å². The van der Waals surface area contributed by atoms with Crippen LogP contribution < -0.4 is 20.1 Å². The van der Waals surface area contributed by atoms with Crippen LogP contribution in [0.15, 0.2) is 47.5 Å². The highest BCUT2D eigenvalue weighted by Crippen LogP contribution is 2.39. The lowest BCUT2D eigenvalue weighted by Gasteiger charge is -2.38. The SMILES string of the molecule is CN=C(NCc1cc(OC)ccc1O)NC1CC(C)(C)Oc2ccccc21. The van der Waals surface area contributed by atoms with E-state index in [1.54, 1.807) is 26.3 Å². The predicted octanol–water partition coefficient (Wildman–Crippen LogP) is 3.37. The Kier molecular flexibility index (Phi) is 5.44. The minimum absolute atomic E-state index is 0.0788. The third-order valence-corrected chi connectivity index (χ3v) is 4.64. The van der Waals surface area contributed by atoms with Crippen molar-refractivity contribution in [3.63, 3.8) is 0 Å². The van der Waals surface area contributed by atoms with Crippen molar-refractivity contribution in [1.29, 1.82) is 0 Å². The first-order chi connectivity index (χ1) is 12.9. The molecule has 0 spiro atoms. The van der Waals surface area contributed by atoms with Gasteiger partial charge in [0.25, 0.3) is 0 Å². The number of guanidine groups is 1. The summed E-state index contributed by atoms with van der Waals surface area (Å²) in [6, 6.07) is 13.3. The summed E-state index contributed by atoms with van der Waals surface area (Å²) in [6.07, 6.45) is 0.815. The van der Waals surface area contributed by atoms with E-state index in [1.807, 2.05) is 24.3 Å². The molecule has 2 aromatic carbocycles. The number of phenols is 1. The van der Waals surface area contributed by atoms with Gasteiger partial charge < -0.3 is 25.2 Å². The van der Waals surface area contributed by atoms with Crippen LogP contribution in [-0.4, -0.2) is 30.8 Å². The number of para-hydroxylation sites is 1. The van der Waals surface area contributed by atoms with Gasteiger partial charge in [-0.25, -0.2) is 0 Å². The number of hydrogen-bond acceptors (Lipinski definition) is 4. The van der Waals surface area contributed by atoms with Gasteiger partial charge >= 0.3 is 0 Å². The molecule has 1 unspecified atom stereocenters. The van der Waals surface area contributed by atoms with Crippen LogP contribution in [0.3, 0.4) is 0 Å². The number of aromatic hydroxyl groups is 1. The average molecular weight is 369 g/mol. The number of fused-ring (bicyclic) bond motifs is 1. The Labute approximate surface area is 160 Å². The maximum Gasteiger partial charge on any atom is 0.191 e. The van der Waals surface area contributed by atoms with E-state index in [0.717, 1.165) is 23.3 Å². The molecule has 1 heterocycles. The van der Waals surface area contributed by atoms with Gasteiger partial charge in [0.05, 0.1) is 13.2 Å². The summed E-state index contributed by atoms with van der Waals surface area (Å²) in [7, 11) is 3.34. The van der Waals surface area contributed by atoms with Gasteiger partial charge in [-0.3, -0.25) is 4.99 Å². The van der Waals surface area contributed by atoms with Crippen molar-refractivity contribution in [2.75, 3.05) is 14.2 Å². The molecule has 0 saturated heterocycles. The molecule has 0 fully saturated rings. The first-order valence-electron chi connectivity index (χ1n) is 9.03. The topological polar surface area (TPSA) is 75.1 Å². The summed E-state index contributed by atoms with van der Waals surface area (Å²) in [5, 5.41) is 16.8. The van der Waals surface area contributed by atoms with Crippen LogP contribution in [0.4, 0.5) is 0 Å². The zero-order valence-corrected chi connectivity index (χ0v) is 16.2. The number of aliphatic imine (C=N–C) groups is 1. The summed E-state index contributed by atoms with van der Waals surface area (Å²) < 4.78 is 11.3. The molecule has 6 nitrogen and oxygen atoms in total. The Morgan fingerprint density at radius 3 is 2.81 bits per heavy atom. The summed E-state index contributed by atoms with van der Waals surface area (Å²) in [6.45, 7) is 4.60. The highest BCUT2D eigenvalue weighted by Gasteiger charge is 2.33. The second-order valence-electron chi connectivity index (χ2n) is 7.22. The molecular formula is C21H27N3O3. The van der Waals surface area contributed by atoms with Gasteiger partial charge in [-0.05, 0) is 38.1 Å². The van der Waals surface area contributed by atoms with Gasteiger partial charge in [-0.2, -0.15) is 0 Å². The van der Waals surface area contributed by atoms with Crippen LogP contribution in [0.2, 0.25) is 0 Å². The van der Waals surface area contributed by atoms with Gasteiger partial charge in [-0.15, -0.1) is 0 Å². The first-order valence-corrected chi connectivity index (χ1v) is 9.03. The van der Waals surface area contributed by atoms with E-state index in [0.29, 0.717) is 18.3 Å². The zero-order chi connectivity index (χ0) is 19.4. The summed E-state index contributed by atoms with van der Waals surface area (Å²) >= 11 is 0. The van der Waals surface area contributed by atoms with Crippen LogP contribution in [0.1, 0.15) is 37.4 Å². The van der Waals surface area contributed by atoms with E-state index >= 15 is 0 Å². The van der Waals surface area contributed by atoms with Crippen LogP contribution >= 0.6 is 0 Å². The number of nitrogens with zero attached hydrogens (tertiary/aromatic N) is 1. The standard InChI is InChI=1S/C21H27N3O3/c1-21(2)12-17(16-7-5-6-8-19(16)27-21)24-20(22-3)23-13-14-11-15(26-4)9-10-18(14)25/h5-11,17,25H,12-13H2,1-4H3,(H2,22,23,24). The number of hydrogen-bond donors (Lipinski definition) is 3. The molecule has 0 amide bonds. The lowest BCUT2D eigenvalue weighted by atomic mass is 9.90. The molecule has 0 saturated carbocycles. The Bertz CT molecular complexity index is 833. The fraction of sp³-hybridized carbons (Fsp3) is 0.381. The minimum atomic E-state index is -0.268. The lowest BCUT2D eigenvalue weighted by Crippen LogP contribution is -2.45. The van der Waals surface area contributed by atoms with Gasteiger partial charge in [0.15, 0.2) is 5.96 Å². The fourth-order valence-corrected chi connectivity index (χ4v) is 3.30. The summed E-state index contributed by atoms with van der Waals surface area (Å²) in [5.74, 6) is 2.48. The molecule has 3 N–H and O–H groups in total. The molecule has 144 valence electrons. The quantitative estimate of drug-likeness (QED) is 0.569. The van der Waals surface area contributed by atoms with Gasteiger partial charge in [0, 0.05) is 31.1 Å². The third-order valence-electron chi connectivity index (χ3n) is 4.64. The van der Waals surface area contributed by atoms with Crippen molar-refractivity contribution < 1.29 is 14.6 Å². The molecule has 1 atom stereocenters. The summed E-state index contributed by atoms with van der Waals surface area (Å²) in [4.78, 5) is 4.33. The Hall–Kier alpha value is -2.89. The molecule has 2 aromatic rings. The van der Waals surface area contributed by atoms with Gasteiger partial charge in [-0.1, -0.05) is 18.2 Å². The number of nitrogens with one attached hydrogen (secondary N) is 2. The van der Waals surface area contributed by atoms with Crippen LogP contribution in [-0.2, 0) is 6.54 Å². The maximum atomic E-state index is 10.1. The van der Waals surface area contributed by atoms with Crippen molar-refractivity contribution in [3.05, 3.63) is 53.6 Å². The first kappa shape index (κ1) is 18.9. The van der Waals surface area contributed by atoms with Crippen molar-refractivity contribution >= 4 is 5.96 Å². The molecule has 0 radical (unpaired) electrons. The Morgan fingerprint density at radius 2 is 2.07 bits per heavy atom. The van der Waals surface area contributed by atoms with E-state index in [2.05, 4.69) is 35.5 Å². The molecule has 1 aliphatic heterocycles. The van der Waals surface area contributed by atoms with Crippen molar-refractivity contribution in [2.45, 2.75) is 38.5 Å². The number of rotatable bonds is 4. The summed E-state index contributed by atoms with van der Waals surface area (Å²) in [5.41, 5.74) is 1.59. The van der Waals surface area contributed by atoms with Crippen molar-refractivity contribution in [1.82, 2.24) is 10.6 Å². The number of phenolic OH excluding ortho intramolecular Hbond substituents is 1. The molecule has 0 aliphatic carbocycles.